The Morgan fingerprint density at radius 1 is 1.11 bits per heavy atom. The topological polar surface area (TPSA) is 72.9 Å². The van der Waals surface area contributed by atoms with E-state index >= 15 is 0 Å². The Morgan fingerprint density at radius 3 is 2.32 bits per heavy atom. The molecule has 0 bridgehead atoms. The van der Waals surface area contributed by atoms with Crippen LogP contribution in [0.4, 0.5) is 24.5 Å². The van der Waals surface area contributed by atoms with Gasteiger partial charge in [-0.1, -0.05) is 15.9 Å². The summed E-state index contributed by atoms with van der Waals surface area (Å²) in [7, 11) is -3.09. The van der Waals surface area contributed by atoms with Crippen LogP contribution in [0.1, 0.15) is 0 Å². The van der Waals surface area contributed by atoms with Gasteiger partial charge in [0.1, 0.15) is 5.75 Å². The minimum absolute atomic E-state index is 0.144. The van der Waals surface area contributed by atoms with Crippen molar-refractivity contribution in [1.82, 2.24) is 0 Å². The molecule has 0 aliphatic carbocycles. The molecule has 1 aliphatic heterocycles. The molecule has 0 spiro atoms. The highest BCUT2D eigenvalue weighted by molar-refractivity contribution is 9.10. The standard InChI is InChI=1S/C17H11BrF3NO5S/c1-26-16(23)15-9-22(11-3-5-12(6-4-11)27-17(19,20)21)13-8-10(18)2-7-14(13)28(15,24)25/h2-9H,1H3. The predicted molar refractivity (Wildman–Crippen MR) is 96.7 cm³/mol. The summed E-state index contributed by atoms with van der Waals surface area (Å²) in [5.74, 6) is -1.50. The van der Waals surface area contributed by atoms with Gasteiger partial charge in [0.15, 0.2) is 4.91 Å². The highest BCUT2D eigenvalue weighted by atomic mass is 79.9. The molecule has 0 aromatic heterocycles. The number of sulfone groups is 1. The summed E-state index contributed by atoms with van der Waals surface area (Å²) < 4.78 is 71.5. The van der Waals surface area contributed by atoms with Crippen molar-refractivity contribution >= 4 is 43.1 Å². The van der Waals surface area contributed by atoms with Crippen LogP contribution in [-0.2, 0) is 19.4 Å². The van der Waals surface area contributed by atoms with Crippen molar-refractivity contribution < 1.29 is 35.9 Å². The van der Waals surface area contributed by atoms with Crippen LogP contribution in [0.2, 0.25) is 0 Å². The maximum atomic E-state index is 12.7. The number of esters is 1. The Bertz CT molecular complexity index is 1070. The Kier molecular flexibility index (Phi) is 5.15. The SMILES string of the molecule is COC(=O)C1=CN(c2ccc(OC(F)(F)F)cc2)c2cc(Br)ccc2S1(=O)=O. The number of halogens is 4. The monoisotopic (exact) mass is 477 g/mol. The van der Waals surface area contributed by atoms with Crippen molar-refractivity contribution in [2.24, 2.45) is 0 Å². The molecule has 1 aliphatic rings. The first kappa shape index (κ1) is 20.2. The van der Waals surface area contributed by atoms with Crippen molar-refractivity contribution in [1.29, 1.82) is 0 Å². The third kappa shape index (κ3) is 3.85. The molecule has 0 radical (unpaired) electrons. The largest absolute Gasteiger partial charge is 0.573 e. The molecular weight excluding hydrogens is 467 g/mol. The Balaban J connectivity index is 2.13. The van der Waals surface area contributed by atoms with E-state index in [9.17, 15) is 26.4 Å². The molecule has 0 unspecified atom stereocenters. The van der Waals surface area contributed by atoms with E-state index in [1.54, 1.807) is 0 Å². The normalized spacial score (nSPS) is 15.5. The Labute approximate surface area is 166 Å². The molecule has 0 N–H and O–H groups in total. The molecule has 0 atom stereocenters. The number of alkyl halides is 3. The highest BCUT2D eigenvalue weighted by Crippen LogP contribution is 2.41. The van der Waals surface area contributed by atoms with Gasteiger partial charge in [-0.15, -0.1) is 13.2 Å². The van der Waals surface area contributed by atoms with Gasteiger partial charge in [-0.25, -0.2) is 13.2 Å². The molecule has 0 amide bonds. The summed E-state index contributed by atoms with van der Waals surface area (Å²) in [4.78, 5) is 12.6. The molecule has 1 heterocycles. The second-order valence-electron chi connectivity index (χ2n) is 5.51. The van der Waals surface area contributed by atoms with Crippen LogP contribution in [0.3, 0.4) is 0 Å². The minimum atomic E-state index is -4.84. The van der Waals surface area contributed by atoms with E-state index < -0.39 is 32.8 Å². The van der Waals surface area contributed by atoms with Crippen molar-refractivity contribution in [3.05, 3.63) is 58.0 Å². The fourth-order valence-corrected chi connectivity index (χ4v) is 4.38. The van der Waals surface area contributed by atoms with E-state index in [1.807, 2.05) is 0 Å². The van der Waals surface area contributed by atoms with Crippen molar-refractivity contribution in [2.75, 3.05) is 12.0 Å². The smallest absolute Gasteiger partial charge is 0.465 e. The van der Waals surface area contributed by atoms with E-state index in [2.05, 4.69) is 25.4 Å². The summed E-state index contributed by atoms with van der Waals surface area (Å²) in [5, 5.41) is 0. The van der Waals surface area contributed by atoms with Gasteiger partial charge in [-0.05, 0) is 42.5 Å². The first-order chi connectivity index (χ1) is 13.0. The van der Waals surface area contributed by atoms with Gasteiger partial charge >= 0.3 is 12.3 Å². The summed E-state index contributed by atoms with van der Waals surface area (Å²) in [6, 6.07) is 9.08. The van der Waals surface area contributed by atoms with Gasteiger partial charge in [-0.3, -0.25) is 0 Å². The maximum absolute atomic E-state index is 12.7. The average Bonchev–Trinajstić information content (AvgIpc) is 2.60. The van der Waals surface area contributed by atoms with E-state index in [-0.39, 0.29) is 10.6 Å². The third-order valence-electron chi connectivity index (χ3n) is 3.74. The molecule has 28 heavy (non-hydrogen) atoms. The number of hydrogen-bond acceptors (Lipinski definition) is 6. The zero-order chi connectivity index (χ0) is 20.7. The lowest BCUT2D eigenvalue weighted by molar-refractivity contribution is -0.274. The molecular formula is C17H11BrF3NO5S. The van der Waals surface area contributed by atoms with E-state index in [1.165, 1.54) is 35.2 Å². The van der Waals surface area contributed by atoms with Gasteiger partial charge in [0.25, 0.3) is 0 Å². The fourth-order valence-electron chi connectivity index (χ4n) is 2.57. The third-order valence-corrected chi connectivity index (χ3v) is 6.01. The number of carbonyl (C=O) groups is 1. The summed E-state index contributed by atoms with van der Waals surface area (Å²) in [6.07, 6.45) is -3.77. The zero-order valence-corrected chi connectivity index (χ0v) is 16.4. The molecule has 0 saturated heterocycles. The molecule has 11 heteroatoms. The maximum Gasteiger partial charge on any atom is 0.573 e. The van der Waals surface area contributed by atoms with E-state index in [0.717, 1.165) is 25.4 Å². The van der Waals surface area contributed by atoms with Gasteiger partial charge in [0.2, 0.25) is 9.84 Å². The van der Waals surface area contributed by atoms with E-state index in [0.29, 0.717) is 10.2 Å². The van der Waals surface area contributed by atoms with Gasteiger partial charge in [0, 0.05) is 16.4 Å². The summed E-state index contributed by atoms with van der Waals surface area (Å²) in [5.41, 5.74) is 0.525. The second-order valence-corrected chi connectivity index (χ2v) is 8.31. The molecule has 0 fully saturated rings. The number of hydrogen-bond donors (Lipinski definition) is 0. The number of benzene rings is 2. The number of carbonyl (C=O) groups excluding carboxylic acids is 1. The van der Waals surface area contributed by atoms with Gasteiger partial charge in [0.05, 0.1) is 17.7 Å². The summed E-state index contributed by atoms with van der Waals surface area (Å²) in [6.45, 7) is 0. The molecule has 2 aromatic rings. The second kappa shape index (κ2) is 7.13. The van der Waals surface area contributed by atoms with Gasteiger partial charge in [-0.2, -0.15) is 0 Å². The van der Waals surface area contributed by atoms with Crippen LogP contribution >= 0.6 is 15.9 Å². The Morgan fingerprint density at radius 2 is 1.75 bits per heavy atom. The summed E-state index contributed by atoms with van der Waals surface area (Å²) >= 11 is 3.25. The van der Waals surface area contributed by atoms with E-state index in [4.69, 9.17) is 0 Å². The molecule has 3 rings (SSSR count). The molecule has 6 nitrogen and oxygen atoms in total. The zero-order valence-electron chi connectivity index (χ0n) is 14.0. The van der Waals surface area contributed by atoms with Crippen molar-refractivity contribution in [3.63, 3.8) is 0 Å². The van der Waals surface area contributed by atoms with Crippen LogP contribution < -0.4 is 9.64 Å². The van der Waals surface area contributed by atoms with Crippen LogP contribution in [0.5, 0.6) is 5.75 Å². The van der Waals surface area contributed by atoms with Crippen molar-refractivity contribution in [3.8, 4) is 5.75 Å². The number of ether oxygens (including phenoxy) is 2. The number of methoxy groups -OCH3 is 1. The lowest BCUT2D eigenvalue weighted by Gasteiger charge is -2.28. The lowest BCUT2D eigenvalue weighted by atomic mass is 10.2. The number of anilines is 2. The van der Waals surface area contributed by atoms with Crippen LogP contribution in [0.15, 0.2) is 62.9 Å². The fraction of sp³-hybridized carbons (Fsp3) is 0.118. The quantitative estimate of drug-likeness (QED) is 0.614. The average molecular weight is 478 g/mol. The first-order valence-corrected chi connectivity index (χ1v) is 9.80. The predicted octanol–water partition coefficient (Wildman–Crippen LogP) is 4.29. The minimum Gasteiger partial charge on any atom is -0.465 e. The first-order valence-electron chi connectivity index (χ1n) is 7.53. The number of fused-ring (bicyclic) bond motifs is 1. The number of rotatable bonds is 3. The Hall–Kier alpha value is -2.53. The lowest BCUT2D eigenvalue weighted by Crippen LogP contribution is -2.26. The van der Waals surface area contributed by atoms with Gasteiger partial charge < -0.3 is 14.4 Å². The van der Waals surface area contributed by atoms with Crippen LogP contribution in [-0.4, -0.2) is 27.9 Å². The van der Waals surface area contributed by atoms with Crippen molar-refractivity contribution in [2.45, 2.75) is 11.3 Å². The molecule has 0 saturated carbocycles. The molecule has 148 valence electrons. The number of nitrogens with zero attached hydrogens (tertiary/aromatic N) is 1. The molecule has 2 aromatic carbocycles. The highest BCUT2D eigenvalue weighted by Gasteiger charge is 2.37. The van der Waals surface area contributed by atoms with Crippen LogP contribution in [0.25, 0.3) is 0 Å². The van der Waals surface area contributed by atoms with Crippen LogP contribution in [0, 0.1) is 0 Å².